The average Bonchev–Trinajstić information content (AvgIpc) is 2.73. The smallest absolute Gasteiger partial charge is 0.177 e. The van der Waals surface area contributed by atoms with E-state index in [0.29, 0.717) is 0 Å². The van der Waals surface area contributed by atoms with Crippen LogP contribution in [0.5, 0.6) is 0 Å². The van der Waals surface area contributed by atoms with Crippen LogP contribution in [0.1, 0.15) is 31.3 Å². The molecule has 90 valence electrons. The molecule has 0 radical (unpaired) electrons. The zero-order valence-corrected chi connectivity index (χ0v) is 10.4. The summed E-state index contributed by atoms with van der Waals surface area (Å²) in [5, 5.41) is 3.40. The molecule has 2 aromatic heterocycles. The number of rotatable bonds is 1. The molecule has 1 aliphatic rings. The van der Waals surface area contributed by atoms with E-state index < -0.39 is 0 Å². The molecule has 0 unspecified atom stereocenters. The molecule has 4 heteroatoms. The normalized spacial score (nSPS) is 19.6. The van der Waals surface area contributed by atoms with Gasteiger partial charge in [-0.2, -0.15) is 0 Å². The van der Waals surface area contributed by atoms with Gasteiger partial charge in [-0.05, 0) is 45.0 Å². The summed E-state index contributed by atoms with van der Waals surface area (Å²) in [5.74, 6) is 1.09. The monoisotopic (exact) mass is 230 g/mol. The Bertz CT molecular complexity index is 537. The van der Waals surface area contributed by atoms with Gasteiger partial charge in [0.25, 0.3) is 0 Å². The maximum absolute atomic E-state index is 4.67. The molecule has 3 heterocycles. The molecule has 0 aliphatic carbocycles. The predicted molar refractivity (Wildman–Crippen MR) is 68.1 cm³/mol. The molecule has 1 fully saturated rings. The van der Waals surface area contributed by atoms with Crippen LogP contribution in [0, 0.1) is 6.92 Å². The van der Waals surface area contributed by atoms with Crippen LogP contribution >= 0.6 is 0 Å². The zero-order chi connectivity index (χ0) is 11.9. The van der Waals surface area contributed by atoms with E-state index in [1.807, 2.05) is 13.0 Å². The Kier molecular flexibility index (Phi) is 2.40. The van der Waals surface area contributed by atoms with Crippen LogP contribution in [0.4, 0.5) is 0 Å². The Morgan fingerprint density at radius 1 is 1.18 bits per heavy atom. The average molecular weight is 230 g/mol. The minimum absolute atomic E-state index is 0.167. The van der Waals surface area contributed by atoms with E-state index in [-0.39, 0.29) is 5.41 Å². The van der Waals surface area contributed by atoms with Gasteiger partial charge in [0.1, 0.15) is 5.82 Å². The fraction of sp³-hybridized carbons (Fsp3) is 0.538. The molecule has 2 N–H and O–H groups in total. The lowest BCUT2D eigenvalue weighted by Crippen LogP contribution is -2.38. The van der Waals surface area contributed by atoms with Gasteiger partial charge in [-0.25, -0.2) is 9.97 Å². The molecule has 3 rings (SSSR count). The summed E-state index contributed by atoms with van der Waals surface area (Å²) < 4.78 is 0. The number of hydrogen-bond donors (Lipinski definition) is 2. The summed E-state index contributed by atoms with van der Waals surface area (Å²) in [6, 6.07) is 4.09. The SMILES string of the molecule is Cc1ccc2[nH]c(C3(C)CCNCC3)nc2n1. The Labute approximate surface area is 101 Å². The summed E-state index contributed by atoms with van der Waals surface area (Å²) in [6.45, 7) is 6.43. The van der Waals surface area contributed by atoms with Crippen LogP contribution in [0.25, 0.3) is 11.2 Å². The van der Waals surface area contributed by atoms with Crippen molar-refractivity contribution in [1.82, 2.24) is 20.3 Å². The first-order valence-corrected chi connectivity index (χ1v) is 6.22. The van der Waals surface area contributed by atoms with Crippen molar-refractivity contribution in [3.8, 4) is 0 Å². The maximum atomic E-state index is 4.67. The fourth-order valence-corrected chi connectivity index (χ4v) is 2.49. The number of imidazole rings is 1. The summed E-state index contributed by atoms with van der Waals surface area (Å²) in [6.07, 6.45) is 2.26. The Balaban J connectivity index is 2.05. The third-order valence-corrected chi connectivity index (χ3v) is 3.76. The van der Waals surface area contributed by atoms with Gasteiger partial charge < -0.3 is 10.3 Å². The third kappa shape index (κ3) is 1.82. The van der Waals surface area contributed by atoms with Crippen molar-refractivity contribution in [3.63, 3.8) is 0 Å². The molecule has 2 aromatic rings. The highest BCUT2D eigenvalue weighted by Gasteiger charge is 2.31. The molecule has 4 nitrogen and oxygen atoms in total. The summed E-state index contributed by atoms with van der Waals surface area (Å²) in [5.41, 5.74) is 3.08. The number of nitrogens with one attached hydrogen (secondary N) is 2. The van der Waals surface area contributed by atoms with Crippen molar-refractivity contribution in [1.29, 1.82) is 0 Å². The minimum Gasteiger partial charge on any atom is -0.340 e. The van der Waals surface area contributed by atoms with E-state index in [1.54, 1.807) is 0 Å². The highest BCUT2D eigenvalue weighted by atomic mass is 15.0. The predicted octanol–water partition coefficient (Wildman–Crippen LogP) is 1.91. The van der Waals surface area contributed by atoms with Crippen LogP contribution in [-0.2, 0) is 5.41 Å². The van der Waals surface area contributed by atoms with E-state index in [4.69, 9.17) is 0 Å². The van der Waals surface area contributed by atoms with Gasteiger partial charge in [-0.1, -0.05) is 6.92 Å². The van der Waals surface area contributed by atoms with Gasteiger partial charge in [-0.3, -0.25) is 0 Å². The van der Waals surface area contributed by atoms with Gasteiger partial charge in [-0.15, -0.1) is 0 Å². The highest BCUT2D eigenvalue weighted by Crippen LogP contribution is 2.31. The van der Waals surface area contributed by atoms with Crippen LogP contribution in [0.3, 0.4) is 0 Å². The van der Waals surface area contributed by atoms with Crippen molar-refractivity contribution in [3.05, 3.63) is 23.7 Å². The van der Waals surface area contributed by atoms with Gasteiger partial charge in [0.15, 0.2) is 5.65 Å². The van der Waals surface area contributed by atoms with E-state index in [1.165, 1.54) is 0 Å². The number of pyridine rings is 1. The molecule has 1 aliphatic heterocycles. The molecule has 1 saturated heterocycles. The third-order valence-electron chi connectivity index (χ3n) is 3.76. The lowest BCUT2D eigenvalue weighted by atomic mass is 9.80. The number of hydrogen-bond acceptors (Lipinski definition) is 3. The number of aromatic nitrogens is 3. The second kappa shape index (κ2) is 3.81. The van der Waals surface area contributed by atoms with Crippen molar-refractivity contribution < 1.29 is 0 Å². The van der Waals surface area contributed by atoms with E-state index in [0.717, 1.165) is 48.6 Å². The number of piperidine rings is 1. The van der Waals surface area contributed by atoms with Crippen molar-refractivity contribution in [2.24, 2.45) is 0 Å². The van der Waals surface area contributed by atoms with Crippen molar-refractivity contribution in [2.75, 3.05) is 13.1 Å². The summed E-state index contributed by atoms with van der Waals surface area (Å²) in [4.78, 5) is 12.6. The summed E-state index contributed by atoms with van der Waals surface area (Å²) >= 11 is 0. The molecule has 0 spiro atoms. The lowest BCUT2D eigenvalue weighted by molar-refractivity contribution is 0.321. The number of nitrogens with zero attached hydrogens (tertiary/aromatic N) is 2. The molecule has 0 atom stereocenters. The lowest BCUT2D eigenvalue weighted by Gasteiger charge is -2.31. The molecular weight excluding hydrogens is 212 g/mol. The van der Waals surface area contributed by atoms with Crippen LogP contribution < -0.4 is 5.32 Å². The molecule has 0 amide bonds. The quantitative estimate of drug-likeness (QED) is 0.786. The zero-order valence-electron chi connectivity index (χ0n) is 10.4. The number of aryl methyl sites for hydroxylation is 1. The maximum Gasteiger partial charge on any atom is 0.177 e. The number of H-pyrrole nitrogens is 1. The first-order valence-electron chi connectivity index (χ1n) is 6.22. The summed E-state index contributed by atoms with van der Waals surface area (Å²) in [7, 11) is 0. The van der Waals surface area contributed by atoms with Crippen LogP contribution in [-0.4, -0.2) is 28.0 Å². The minimum atomic E-state index is 0.167. The van der Waals surface area contributed by atoms with Crippen LogP contribution in [0.2, 0.25) is 0 Å². The first-order chi connectivity index (χ1) is 8.17. The van der Waals surface area contributed by atoms with E-state index >= 15 is 0 Å². The highest BCUT2D eigenvalue weighted by molar-refractivity contribution is 5.70. The molecule has 0 aromatic carbocycles. The Hall–Kier alpha value is -1.42. The largest absolute Gasteiger partial charge is 0.340 e. The fourth-order valence-electron chi connectivity index (χ4n) is 2.49. The first kappa shape index (κ1) is 10.7. The van der Waals surface area contributed by atoms with Gasteiger partial charge >= 0.3 is 0 Å². The molecule has 0 bridgehead atoms. The topological polar surface area (TPSA) is 53.6 Å². The molecular formula is C13H18N4. The Morgan fingerprint density at radius 2 is 1.94 bits per heavy atom. The van der Waals surface area contributed by atoms with Crippen LogP contribution in [0.15, 0.2) is 12.1 Å². The second-order valence-corrected chi connectivity index (χ2v) is 5.22. The standard InChI is InChI=1S/C13H18N4/c1-9-3-4-10-11(15-9)17-12(16-10)13(2)5-7-14-8-6-13/h3-4,14H,5-8H2,1-2H3,(H,15,16,17). The van der Waals surface area contributed by atoms with E-state index in [9.17, 15) is 0 Å². The second-order valence-electron chi connectivity index (χ2n) is 5.22. The number of fused-ring (bicyclic) bond motifs is 1. The van der Waals surface area contributed by atoms with Crippen molar-refractivity contribution >= 4 is 11.2 Å². The Morgan fingerprint density at radius 3 is 2.71 bits per heavy atom. The van der Waals surface area contributed by atoms with Gasteiger partial charge in [0.2, 0.25) is 0 Å². The van der Waals surface area contributed by atoms with Gasteiger partial charge in [0, 0.05) is 11.1 Å². The van der Waals surface area contributed by atoms with Crippen molar-refractivity contribution in [2.45, 2.75) is 32.1 Å². The molecule has 17 heavy (non-hydrogen) atoms. The molecule has 0 saturated carbocycles. The van der Waals surface area contributed by atoms with E-state index in [2.05, 4.69) is 33.3 Å². The number of aromatic amines is 1. The van der Waals surface area contributed by atoms with Gasteiger partial charge in [0.05, 0.1) is 5.52 Å².